The lowest BCUT2D eigenvalue weighted by molar-refractivity contribution is 1.52. The molecule has 0 nitrogen and oxygen atoms in total. The monoisotopic (exact) mass is 370 g/mol. The Kier molecular flexibility index (Phi) is 2.69. The maximum absolute atomic E-state index is 4.31. The summed E-state index contributed by atoms with van der Waals surface area (Å²) in [5.41, 5.74) is 0. The maximum Gasteiger partial charge on any atom is 0.0666 e. The third kappa shape index (κ3) is 1.66. The van der Waals surface area contributed by atoms with Gasteiger partial charge in [-0.15, -0.1) is 24.0 Å². The maximum atomic E-state index is 4.31. The highest BCUT2D eigenvalue weighted by atomic mass is 127. The van der Waals surface area contributed by atoms with Crippen LogP contribution < -0.4 is 0 Å². The van der Waals surface area contributed by atoms with Crippen LogP contribution in [0.4, 0.5) is 0 Å². The Morgan fingerprint density at radius 3 is 2.83 bits per heavy atom. The number of benzene rings is 1. The van der Waals surface area contributed by atoms with Gasteiger partial charge in [-0.25, -0.2) is 0 Å². The zero-order valence-electron chi connectivity index (χ0n) is 5.84. The lowest BCUT2D eigenvalue weighted by Crippen LogP contribution is -1.68. The molecule has 2 aromatic rings. The summed E-state index contributed by atoms with van der Waals surface area (Å²) < 4.78 is 3.73. The average Bonchev–Trinajstić information content (AvgIpc) is 2.29. The van der Waals surface area contributed by atoms with Gasteiger partial charge in [0.15, 0.2) is 0 Å². The Morgan fingerprint density at radius 2 is 2.08 bits per heavy atom. The molecule has 0 amide bonds. The molecule has 0 aliphatic heterocycles. The zero-order valence-corrected chi connectivity index (χ0v) is 11.3. The van der Waals surface area contributed by atoms with Gasteiger partial charge in [0.1, 0.15) is 0 Å². The molecule has 0 saturated carbocycles. The van der Waals surface area contributed by atoms with Gasteiger partial charge in [-0.2, -0.15) is 0 Å². The van der Waals surface area contributed by atoms with Crippen LogP contribution in [0.2, 0.25) is 0 Å². The second-order valence-corrected chi connectivity index (χ2v) is 6.74. The van der Waals surface area contributed by atoms with Gasteiger partial charge >= 0.3 is 0 Å². The molecule has 12 heavy (non-hydrogen) atoms. The highest BCUT2D eigenvalue weighted by Crippen LogP contribution is 2.34. The quantitative estimate of drug-likeness (QED) is 0.510. The van der Waals surface area contributed by atoms with E-state index in [0.717, 1.165) is 9.37 Å². The molecular weight excluding hydrogens is 367 g/mol. The first-order valence-corrected chi connectivity index (χ1v) is 6.38. The normalized spacial score (nSPS) is 10.9. The fraction of sp³-hybridized carbons (Fsp3) is 0. The minimum absolute atomic E-state index is 1.01. The van der Waals surface area contributed by atoms with Crippen LogP contribution in [-0.2, 0) is 0 Å². The first-order chi connectivity index (χ1) is 5.66. The van der Waals surface area contributed by atoms with Crippen LogP contribution in [0.3, 0.4) is 0 Å². The van der Waals surface area contributed by atoms with E-state index in [2.05, 4.69) is 63.3 Å². The Labute approximate surface area is 102 Å². The Balaban J connectivity index is 2.88. The molecular formula is C8H4BrIS2. The SMILES string of the molecule is Sc1cc(Br)c2cc(I)sc2c1. The van der Waals surface area contributed by atoms with Crippen molar-refractivity contribution in [3.8, 4) is 0 Å². The average molecular weight is 371 g/mol. The standard InChI is InChI=1S/C8H4BrIS2/c9-6-1-4(11)2-7-5(6)3-8(10)12-7/h1-3,11H. The van der Waals surface area contributed by atoms with Gasteiger partial charge in [0, 0.05) is 19.5 Å². The largest absolute Gasteiger partial charge is 0.143 e. The molecule has 0 spiro atoms. The number of rotatable bonds is 0. The van der Waals surface area contributed by atoms with Gasteiger partial charge < -0.3 is 0 Å². The van der Waals surface area contributed by atoms with Crippen molar-refractivity contribution >= 4 is 72.6 Å². The molecule has 0 fully saturated rings. The van der Waals surface area contributed by atoms with Crippen molar-refractivity contribution in [3.05, 3.63) is 25.6 Å². The van der Waals surface area contributed by atoms with E-state index in [9.17, 15) is 0 Å². The first-order valence-electron chi connectivity index (χ1n) is 3.24. The van der Waals surface area contributed by atoms with Crippen LogP contribution in [0.1, 0.15) is 0 Å². The highest BCUT2D eigenvalue weighted by Gasteiger charge is 2.03. The summed E-state index contributed by atoms with van der Waals surface area (Å²) in [6, 6.07) is 6.29. The van der Waals surface area contributed by atoms with E-state index in [1.54, 1.807) is 11.3 Å². The summed E-state index contributed by atoms with van der Waals surface area (Å²) in [4.78, 5) is 1.01. The van der Waals surface area contributed by atoms with Crippen LogP contribution in [0, 0.1) is 2.88 Å². The van der Waals surface area contributed by atoms with Gasteiger partial charge in [0.2, 0.25) is 0 Å². The van der Waals surface area contributed by atoms with Crippen LogP contribution in [0.25, 0.3) is 10.1 Å². The molecule has 2 rings (SSSR count). The smallest absolute Gasteiger partial charge is 0.0666 e. The van der Waals surface area contributed by atoms with E-state index < -0.39 is 0 Å². The highest BCUT2D eigenvalue weighted by molar-refractivity contribution is 14.1. The molecule has 1 heterocycles. The van der Waals surface area contributed by atoms with Crippen LogP contribution in [-0.4, -0.2) is 0 Å². The summed E-state index contributed by atoms with van der Waals surface area (Å²) in [5.74, 6) is 0. The van der Waals surface area contributed by atoms with E-state index in [1.807, 2.05) is 6.07 Å². The number of fused-ring (bicyclic) bond motifs is 1. The number of thiophene rings is 1. The third-order valence-corrected chi connectivity index (χ3v) is 4.30. The van der Waals surface area contributed by atoms with Gasteiger partial charge in [0.25, 0.3) is 0 Å². The fourth-order valence-corrected chi connectivity index (χ4v) is 4.15. The van der Waals surface area contributed by atoms with Crippen molar-refractivity contribution in [2.75, 3.05) is 0 Å². The predicted octanol–water partition coefficient (Wildman–Crippen LogP) is 4.56. The second-order valence-electron chi connectivity index (χ2n) is 2.39. The summed E-state index contributed by atoms with van der Waals surface area (Å²) in [6.07, 6.45) is 0. The molecule has 0 aliphatic rings. The summed E-state index contributed by atoms with van der Waals surface area (Å²) in [6.45, 7) is 0. The summed E-state index contributed by atoms with van der Waals surface area (Å²) in [5, 5.41) is 1.28. The molecule has 1 aromatic carbocycles. The zero-order chi connectivity index (χ0) is 8.72. The van der Waals surface area contributed by atoms with Crippen molar-refractivity contribution in [1.82, 2.24) is 0 Å². The molecule has 0 N–H and O–H groups in total. The molecule has 1 aromatic heterocycles. The predicted molar refractivity (Wildman–Crippen MR) is 69.5 cm³/mol. The van der Waals surface area contributed by atoms with Crippen LogP contribution in [0.5, 0.6) is 0 Å². The Hall–Kier alpha value is 0.740. The van der Waals surface area contributed by atoms with E-state index in [0.29, 0.717) is 0 Å². The van der Waals surface area contributed by atoms with Gasteiger partial charge in [-0.1, -0.05) is 15.9 Å². The fourth-order valence-electron chi connectivity index (χ4n) is 1.05. The van der Waals surface area contributed by atoms with Gasteiger partial charge in [-0.3, -0.25) is 0 Å². The molecule has 4 heteroatoms. The van der Waals surface area contributed by atoms with Gasteiger partial charge in [-0.05, 0) is 40.8 Å². The summed E-state index contributed by atoms with van der Waals surface area (Å²) in [7, 11) is 0. The molecule has 62 valence electrons. The van der Waals surface area contributed by atoms with E-state index in [1.165, 1.54) is 13.0 Å². The molecule has 0 saturated heterocycles. The number of thiol groups is 1. The minimum atomic E-state index is 1.01. The van der Waals surface area contributed by atoms with Crippen LogP contribution in [0.15, 0.2) is 27.6 Å². The lowest BCUT2D eigenvalue weighted by atomic mass is 10.3. The molecule has 0 atom stereocenters. The number of hydrogen-bond acceptors (Lipinski definition) is 2. The van der Waals surface area contributed by atoms with Crippen LogP contribution >= 0.6 is 62.5 Å². The molecule has 0 bridgehead atoms. The van der Waals surface area contributed by atoms with E-state index in [-0.39, 0.29) is 0 Å². The topological polar surface area (TPSA) is 0 Å². The molecule has 0 aliphatic carbocycles. The van der Waals surface area contributed by atoms with Crippen molar-refractivity contribution in [2.24, 2.45) is 0 Å². The summed E-state index contributed by atoms with van der Waals surface area (Å²) >= 11 is 12.0. The van der Waals surface area contributed by atoms with Crippen molar-refractivity contribution in [3.63, 3.8) is 0 Å². The lowest BCUT2D eigenvalue weighted by Gasteiger charge is -1.94. The minimum Gasteiger partial charge on any atom is -0.143 e. The van der Waals surface area contributed by atoms with E-state index in [4.69, 9.17) is 0 Å². The van der Waals surface area contributed by atoms with Crippen molar-refractivity contribution in [1.29, 1.82) is 0 Å². The molecule has 0 radical (unpaired) electrons. The van der Waals surface area contributed by atoms with Crippen molar-refractivity contribution < 1.29 is 0 Å². The number of halogens is 2. The van der Waals surface area contributed by atoms with E-state index >= 15 is 0 Å². The second kappa shape index (κ2) is 3.48. The third-order valence-electron chi connectivity index (χ3n) is 1.54. The van der Waals surface area contributed by atoms with Crippen molar-refractivity contribution in [2.45, 2.75) is 4.90 Å². The molecule has 0 unspecified atom stereocenters. The Morgan fingerprint density at radius 1 is 1.33 bits per heavy atom. The van der Waals surface area contributed by atoms with Gasteiger partial charge in [0.05, 0.1) is 2.88 Å². The first kappa shape index (κ1) is 9.30. The Bertz CT molecular complexity index is 436. The number of hydrogen-bond donors (Lipinski definition) is 1.